The number of hydrogen-bond donors (Lipinski definition) is 0. The lowest BCUT2D eigenvalue weighted by atomic mass is 9.96. The molecule has 0 unspecified atom stereocenters. The maximum Gasteiger partial charge on any atom is 0.225 e. The van der Waals surface area contributed by atoms with Crippen molar-refractivity contribution in [3.05, 3.63) is 59.6 Å². The number of carbonyl (C=O) groups excluding carboxylic acids is 1. The molecule has 0 aliphatic carbocycles. The predicted molar refractivity (Wildman–Crippen MR) is 110 cm³/mol. The van der Waals surface area contributed by atoms with Crippen LogP contribution in [0.1, 0.15) is 37.6 Å². The Bertz CT molecular complexity index is 821. The minimum absolute atomic E-state index is 0.0427. The summed E-state index contributed by atoms with van der Waals surface area (Å²) in [5.74, 6) is 1.23. The van der Waals surface area contributed by atoms with Crippen LogP contribution in [0.15, 0.2) is 42.7 Å². The molecule has 1 saturated heterocycles. The van der Waals surface area contributed by atoms with E-state index in [9.17, 15) is 4.79 Å². The molecule has 3 rings (SSSR count). The van der Waals surface area contributed by atoms with Gasteiger partial charge in [-0.25, -0.2) is 9.97 Å². The summed E-state index contributed by atoms with van der Waals surface area (Å²) in [5, 5.41) is 0. The monoisotopic (exact) mass is 364 g/mol. The van der Waals surface area contributed by atoms with Gasteiger partial charge in [-0.3, -0.25) is 4.79 Å². The highest BCUT2D eigenvalue weighted by molar-refractivity contribution is 5.86. The number of amides is 1. The normalized spacial score (nSPS) is 15.4. The van der Waals surface area contributed by atoms with Gasteiger partial charge in [0, 0.05) is 37.7 Å². The fourth-order valence-electron chi connectivity index (χ4n) is 3.59. The molecule has 5 nitrogen and oxygen atoms in total. The number of aromatic nitrogens is 2. The molecule has 0 radical (unpaired) electrons. The summed E-state index contributed by atoms with van der Waals surface area (Å²) in [4.78, 5) is 25.6. The van der Waals surface area contributed by atoms with Crippen LogP contribution in [-0.4, -0.2) is 47.0 Å². The minimum atomic E-state index is 0.0427. The van der Waals surface area contributed by atoms with Crippen LogP contribution in [0, 0.1) is 12.8 Å². The second-order valence-electron chi connectivity index (χ2n) is 7.19. The zero-order valence-corrected chi connectivity index (χ0v) is 16.6. The second-order valence-corrected chi connectivity index (χ2v) is 7.19. The van der Waals surface area contributed by atoms with E-state index in [0.29, 0.717) is 0 Å². The first-order valence-electron chi connectivity index (χ1n) is 9.60. The van der Waals surface area contributed by atoms with Gasteiger partial charge in [0.05, 0.1) is 5.69 Å². The Morgan fingerprint density at radius 2 is 1.74 bits per heavy atom. The molecule has 1 aromatic heterocycles. The van der Waals surface area contributed by atoms with Gasteiger partial charge in [-0.2, -0.15) is 0 Å². The van der Waals surface area contributed by atoms with Gasteiger partial charge in [0.15, 0.2) is 0 Å². The Morgan fingerprint density at radius 1 is 1.07 bits per heavy atom. The summed E-state index contributed by atoms with van der Waals surface area (Å²) in [5.41, 5.74) is 4.35. The number of allylic oxidation sites excluding steroid dienone is 1. The Hall–Kier alpha value is -2.69. The summed E-state index contributed by atoms with van der Waals surface area (Å²) in [6.07, 6.45) is 3.77. The van der Waals surface area contributed by atoms with Crippen LogP contribution < -0.4 is 4.90 Å². The number of aryl methyl sites for hydroxylation is 1. The van der Waals surface area contributed by atoms with Gasteiger partial charge in [-0.05, 0) is 25.0 Å². The molecule has 0 spiro atoms. The molecule has 1 aromatic carbocycles. The van der Waals surface area contributed by atoms with Gasteiger partial charge >= 0.3 is 0 Å². The van der Waals surface area contributed by atoms with Crippen LogP contribution in [0.2, 0.25) is 0 Å². The van der Waals surface area contributed by atoms with Crippen molar-refractivity contribution in [1.82, 2.24) is 14.9 Å². The van der Waals surface area contributed by atoms with Crippen LogP contribution >= 0.6 is 0 Å². The lowest BCUT2D eigenvalue weighted by molar-refractivity contribution is -0.134. The average molecular weight is 364 g/mol. The summed E-state index contributed by atoms with van der Waals surface area (Å²) < 4.78 is 0. The van der Waals surface area contributed by atoms with Crippen molar-refractivity contribution in [3.63, 3.8) is 0 Å². The number of piperazine rings is 1. The van der Waals surface area contributed by atoms with E-state index in [-0.39, 0.29) is 11.8 Å². The SMILES string of the molecule is C/C=C(/c1ccccc1)c1c(C)ncnc1N1CCN(C(=O)C(C)C)CC1. The summed E-state index contributed by atoms with van der Waals surface area (Å²) >= 11 is 0. The Morgan fingerprint density at radius 3 is 2.33 bits per heavy atom. The standard InChI is InChI=1S/C22H28N4O/c1-5-19(18-9-7-6-8-10-18)20-17(4)23-15-24-21(20)25-11-13-26(14-12-25)22(27)16(2)3/h5-10,15-16H,11-14H2,1-4H3/b19-5-. The van der Waals surface area contributed by atoms with Crippen molar-refractivity contribution in [2.24, 2.45) is 5.92 Å². The van der Waals surface area contributed by atoms with Crippen LogP contribution in [0.3, 0.4) is 0 Å². The fourth-order valence-corrected chi connectivity index (χ4v) is 3.59. The molecule has 1 amide bonds. The molecule has 5 heteroatoms. The van der Waals surface area contributed by atoms with Crippen molar-refractivity contribution in [1.29, 1.82) is 0 Å². The highest BCUT2D eigenvalue weighted by atomic mass is 16.2. The van der Waals surface area contributed by atoms with Crippen LogP contribution in [0.4, 0.5) is 5.82 Å². The molecule has 1 aliphatic rings. The van der Waals surface area contributed by atoms with Crippen molar-refractivity contribution in [2.45, 2.75) is 27.7 Å². The predicted octanol–water partition coefficient (Wildman–Crippen LogP) is 3.54. The van der Waals surface area contributed by atoms with E-state index in [1.165, 1.54) is 0 Å². The van der Waals surface area contributed by atoms with E-state index in [0.717, 1.165) is 54.4 Å². The van der Waals surface area contributed by atoms with Gasteiger partial charge in [0.1, 0.15) is 12.1 Å². The van der Waals surface area contributed by atoms with E-state index in [1.54, 1.807) is 6.33 Å². The molecule has 27 heavy (non-hydrogen) atoms. The van der Waals surface area contributed by atoms with E-state index in [4.69, 9.17) is 0 Å². The van der Waals surface area contributed by atoms with Gasteiger partial charge in [-0.15, -0.1) is 0 Å². The van der Waals surface area contributed by atoms with Gasteiger partial charge < -0.3 is 9.80 Å². The third-order valence-electron chi connectivity index (χ3n) is 5.04. The molecule has 0 saturated carbocycles. The van der Waals surface area contributed by atoms with Crippen molar-refractivity contribution < 1.29 is 4.79 Å². The molecular formula is C22H28N4O. The molecule has 142 valence electrons. The zero-order valence-electron chi connectivity index (χ0n) is 16.6. The number of hydrogen-bond acceptors (Lipinski definition) is 4. The van der Waals surface area contributed by atoms with E-state index >= 15 is 0 Å². The summed E-state index contributed by atoms with van der Waals surface area (Å²) in [6, 6.07) is 10.4. The third kappa shape index (κ3) is 4.02. The molecular weight excluding hydrogens is 336 g/mol. The number of carbonyl (C=O) groups is 1. The van der Waals surface area contributed by atoms with Crippen molar-refractivity contribution in [3.8, 4) is 0 Å². The van der Waals surface area contributed by atoms with E-state index < -0.39 is 0 Å². The molecule has 0 atom stereocenters. The third-order valence-corrected chi connectivity index (χ3v) is 5.04. The largest absolute Gasteiger partial charge is 0.352 e. The molecule has 0 N–H and O–H groups in total. The topological polar surface area (TPSA) is 49.3 Å². The Labute approximate surface area is 161 Å². The average Bonchev–Trinajstić information content (AvgIpc) is 2.70. The minimum Gasteiger partial charge on any atom is -0.352 e. The lowest BCUT2D eigenvalue weighted by Crippen LogP contribution is -2.50. The van der Waals surface area contributed by atoms with Crippen molar-refractivity contribution >= 4 is 17.3 Å². The number of nitrogens with zero attached hydrogens (tertiary/aromatic N) is 4. The smallest absolute Gasteiger partial charge is 0.225 e. The highest BCUT2D eigenvalue weighted by Crippen LogP contribution is 2.32. The van der Waals surface area contributed by atoms with E-state index in [2.05, 4.69) is 40.0 Å². The summed E-state index contributed by atoms with van der Waals surface area (Å²) in [6.45, 7) is 11.0. The van der Waals surface area contributed by atoms with Gasteiger partial charge in [-0.1, -0.05) is 50.3 Å². The first kappa shape index (κ1) is 19.1. The Balaban J connectivity index is 1.90. The van der Waals surface area contributed by atoms with E-state index in [1.807, 2.05) is 43.9 Å². The molecule has 1 aliphatic heterocycles. The quantitative estimate of drug-likeness (QED) is 0.833. The van der Waals surface area contributed by atoms with Gasteiger partial charge in [0.25, 0.3) is 0 Å². The van der Waals surface area contributed by atoms with Crippen molar-refractivity contribution in [2.75, 3.05) is 31.1 Å². The first-order chi connectivity index (χ1) is 13.0. The molecule has 0 bridgehead atoms. The summed E-state index contributed by atoms with van der Waals surface area (Å²) in [7, 11) is 0. The number of benzene rings is 1. The van der Waals surface area contributed by atoms with Gasteiger partial charge in [0.2, 0.25) is 5.91 Å². The second kappa shape index (κ2) is 8.33. The zero-order chi connectivity index (χ0) is 19.4. The molecule has 2 aromatic rings. The fraction of sp³-hybridized carbons (Fsp3) is 0.409. The number of anilines is 1. The van der Waals surface area contributed by atoms with Crippen LogP contribution in [-0.2, 0) is 4.79 Å². The lowest BCUT2D eigenvalue weighted by Gasteiger charge is -2.37. The number of rotatable bonds is 4. The van der Waals surface area contributed by atoms with Crippen LogP contribution in [0.25, 0.3) is 5.57 Å². The highest BCUT2D eigenvalue weighted by Gasteiger charge is 2.26. The Kier molecular flexibility index (Phi) is 5.89. The molecule has 1 fully saturated rings. The maximum absolute atomic E-state index is 12.3. The molecule has 2 heterocycles. The maximum atomic E-state index is 12.3. The van der Waals surface area contributed by atoms with Crippen LogP contribution in [0.5, 0.6) is 0 Å². The first-order valence-corrected chi connectivity index (χ1v) is 9.60.